The number of nitrogens with zero attached hydrogens (tertiary/aromatic N) is 1. The molecule has 1 aromatic rings. The number of halogens is 2. The van der Waals surface area contributed by atoms with Crippen LogP contribution >= 0.6 is 23.2 Å². The van der Waals surface area contributed by atoms with Crippen LogP contribution in [0, 0.1) is 0 Å². The zero-order valence-corrected chi connectivity index (χ0v) is 12.4. The van der Waals surface area contributed by atoms with E-state index in [4.69, 9.17) is 23.2 Å². The number of rotatable bonds is 4. The van der Waals surface area contributed by atoms with Crippen molar-refractivity contribution in [1.82, 2.24) is 9.03 Å². The van der Waals surface area contributed by atoms with Crippen molar-refractivity contribution in [2.45, 2.75) is 18.4 Å². The molecule has 0 aliphatic heterocycles. The van der Waals surface area contributed by atoms with E-state index in [0.717, 1.165) is 22.7 Å². The Morgan fingerprint density at radius 3 is 2.33 bits per heavy atom. The van der Waals surface area contributed by atoms with Gasteiger partial charge in [-0.15, -0.1) is 0 Å². The molecule has 0 atom stereocenters. The first-order valence-corrected chi connectivity index (χ1v) is 7.63. The van der Waals surface area contributed by atoms with Gasteiger partial charge in [-0.2, -0.15) is 17.4 Å². The average molecular weight is 309 g/mol. The first kappa shape index (κ1) is 14.1. The summed E-state index contributed by atoms with van der Waals surface area (Å²) in [7, 11) is -0.501. The van der Waals surface area contributed by atoms with Gasteiger partial charge in [-0.3, -0.25) is 0 Å². The molecule has 0 saturated heterocycles. The molecule has 0 amide bonds. The van der Waals surface area contributed by atoms with E-state index in [2.05, 4.69) is 4.72 Å². The molecular formula is C11H14Cl2N2O2S. The summed E-state index contributed by atoms with van der Waals surface area (Å²) >= 11 is 12.0. The third kappa shape index (κ3) is 2.65. The van der Waals surface area contributed by atoms with Gasteiger partial charge in [-0.05, 0) is 30.5 Å². The van der Waals surface area contributed by atoms with Crippen molar-refractivity contribution in [1.29, 1.82) is 0 Å². The third-order valence-electron chi connectivity index (χ3n) is 3.00. The lowest BCUT2D eigenvalue weighted by atomic mass is 10.1. The Hall–Kier alpha value is -0.330. The van der Waals surface area contributed by atoms with Crippen molar-refractivity contribution in [3.63, 3.8) is 0 Å². The highest BCUT2D eigenvalue weighted by molar-refractivity contribution is 7.87. The maximum Gasteiger partial charge on any atom is 0.279 e. The molecule has 1 aliphatic carbocycles. The van der Waals surface area contributed by atoms with Crippen molar-refractivity contribution in [3.8, 4) is 0 Å². The SMILES string of the molecule is CN(C)S(=O)(=O)NC1(c2ccc(Cl)cc2Cl)CC1. The second-order valence-corrected chi connectivity index (χ2v) is 7.32. The van der Waals surface area contributed by atoms with Gasteiger partial charge in [0.05, 0.1) is 5.54 Å². The zero-order chi connectivity index (χ0) is 13.6. The quantitative estimate of drug-likeness (QED) is 0.928. The van der Waals surface area contributed by atoms with E-state index < -0.39 is 15.7 Å². The fraction of sp³-hybridized carbons (Fsp3) is 0.455. The third-order valence-corrected chi connectivity index (χ3v) is 5.16. The molecule has 1 fully saturated rings. The highest BCUT2D eigenvalue weighted by atomic mass is 35.5. The van der Waals surface area contributed by atoms with Gasteiger partial charge in [0.2, 0.25) is 0 Å². The van der Waals surface area contributed by atoms with Crippen LogP contribution in [0.25, 0.3) is 0 Å². The van der Waals surface area contributed by atoms with Gasteiger partial charge in [0.25, 0.3) is 10.2 Å². The Morgan fingerprint density at radius 1 is 1.28 bits per heavy atom. The molecule has 4 nitrogen and oxygen atoms in total. The highest BCUT2D eigenvalue weighted by Gasteiger charge is 2.48. The van der Waals surface area contributed by atoms with Gasteiger partial charge >= 0.3 is 0 Å². The first-order valence-electron chi connectivity index (χ1n) is 5.44. The molecule has 1 N–H and O–H groups in total. The van der Waals surface area contributed by atoms with E-state index in [9.17, 15) is 8.42 Å². The summed E-state index contributed by atoms with van der Waals surface area (Å²) in [5, 5.41) is 1.02. The Kier molecular flexibility index (Phi) is 3.64. The van der Waals surface area contributed by atoms with E-state index in [1.807, 2.05) is 0 Å². The van der Waals surface area contributed by atoms with Crippen LogP contribution in [0.3, 0.4) is 0 Å². The number of benzene rings is 1. The van der Waals surface area contributed by atoms with E-state index in [1.165, 1.54) is 14.1 Å². The van der Waals surface area contributed by atoms with Crippen LogP contribution in [-0.2, 0) is 15.7 Å². The topological polar surface area (TPSA) is 49.4 Å². The van der Waals surface area contributed by atoms with E-state index in [-0.39, 0.29) is 0 Å². The summed E-state index contributed by atoms with van der Waals surface area (Å²) in [5.41, 5.74) is 0.198. The molecule has 1 saturated carbocycles. The van der Waals surface area contributed by atoms with Gasteiger partial charge in [0.1, 0.15) is 0 Å². The molecule has 0 aromatic heterocycles. The van der Waals surface area contributed by atoms with Gasteiger partial charge in [0, 0.05) is 24.1 Å². The predicted octanol–water partition coefficient (Wildman–Crippen LogP) is 2.38. The average Bonchev–Trinajstić information content (AvgIpc) is 2.97. The minimum Gasteiger partial charge on any atom is -0.195 e. The Balaban J connectivity index is 2.33. The molecule has 100 valence electrons. The minimum atomic E-state index is -3.48. The Bertz CT molecular complexity index is 568. The summed E-state index contributed by atoms with van der Waals surface area (Å²) < 4.78 is 27.6. The summed E-state index contributed by atoms with van der Waals surface area (Å²) in [6.45, 7) is 0. The van der Waals surface area contributed by atoms with E-state index in [1.54, 1.807) is 18.2 Å². The first-order chi connectivity index (χ1) is 8.27. The van der Waals surface area contributed by atoms with Crippen LogP contribution < -0.4 is 4.72 Å². The molecular weight excluding hydrogens is 295 g/mol. The standard InChI is InChI=1S/C11H14Cl2N2O2S/c1-15(2)18(16,17)14-11(5-6-11)9-4-3-8(12)7-10(9)13/h3-4,7,14H,5-6H2,1-2H3. The van der Waals surface area contributed by atoms with Crippen LogP contribution in [0.15, 0.2) is 18.2 Å². The lowest BCUT2D eigenvalue weighted by Crippen LogP contribution is -2.42. The monoisotopic (exact) mass is 308 g/mol. The van der Waals surface area contributed by atoms with E-state index >= 15 is 0 Å². The molecule has 1 aliphatic rings. The Labute approximate surface area is 117 Å². The second-order valence-electron chi connectivity index (χ2n) is 4.60. The molecule has 2 rings (SSSR count). The van der Waals surface area contributed by atoms with Crippen LogP contribution in [0.4, 0.5) is 0 Å². The fourth-order valence-corrected chi connectivity index (χ4v) is 3.35. The summed E-state index contributed by atoms with van der Waals surface area (Å²) in [6.07, 6.45) is 1.48. The molecule has 0 radical (unpaired) electrons. The van der Waals surface area contributed by atoms with Gasteiger partial charge in [0.15, 0.2) is 0 Å². The zero-order valence-electron chi connectivity index (χ0n) is 10.1. The van der Waals surface area contributed by atoms with E-state index in [0.29, 0.717) is 10.0 Å². The lowest BCUT2D eigenvalue weighted by molar-refractivity contribution is 0.484. The molecule has 0 unspecified atom stereocenters. The van der Waals surface area contributed by atoms with Crippen molar-refractivity contribution in [2.24, 2.45) is 0 Å². The smallest absolute Gasteiger partial charge is 0.195 e. The van der Waals surface area contributed by atoms with Gasteiger partial charge in [-0.1, -0.05) is 29.3 Å². The summed E-state index contributed by atoms with van der Waals surface area (Å²) in [4.78, 5) is 0. The van der Waals surface area contributed by atoms with Crippen LogP contribution in [0.2, 0.25) is 10.0 Å². The van der Waals surface area contributed by atoms with Crippen molar-refractivity contribution < 1.29 is 8.42 Å². The van der Waals surface area contributed by atoms with Gasteiger partial charge in [-0.25, -0.2) is 0 Å². The maximum atomic E-state index is 11.9. The Morgan fingerprint density at radius 2 is 1.89 bits per heavy atom. The van der Waals surface area contributed by atoms with Crippen molar-refractivity contribution >= 4 is 33.4 Å². The van der Waals surface area contributed by atoms with Crippen molar-refractivity contribution in [2.75, 3.05) is 14.1 Å². The second kappa shape index (κ2) is 4.65. The summed E-state index contributed by atoms with van der Waals surface area (Å²) in [5.74, 6) is 0. The van der Waals surface area contributed by atoms with Gasteiger partial charge < -0.3 is 0 Å². The molecule has 18 heavy (non-hydrogen) atoms. The highest BCUT2D eigenvalue weighted by Crippen LogP contribution is 2.49. The molecule has 0 spiro atoms. The van der Waals surface area contributed by atoms with Crippen LogP contribution in [0.1, 0.15) is 18.4 Å². The molecule has 1 aromatic carbocycles. The van der Waals surface area contributed by atoms with Crippen LogP contribution in [-0.4, -0.2) is 26.8 Å². The molecule has 0 bridgehead atoms. The number of hydrogen-bond donors (Lipinski definition) is 1. The number of hydrogen-bond acceptors (Lipinski definition) is 2. The summed E-state index contributed by atoms with van der Waals surface area (Å²) in [6, 6.07) is 5.12. The lowest BCUT2D eigenvalue weighted by Gasteiger charge is -2.22. The predicted molar refractivity (Wildman–Crippen MR) is 73.1 cm³/mol. The number of nitrogens with one attached hydrogen (secondary N) is 1. The maximum absolute atomic E-state index is 11.9. The minimum absolute atomic E-state index is 0.487. The molecule has 7 heteroatoms. The van der Waals surface area contributed by atoms with Crippen LogP contribution in [0.5, 0.6) is 0 Å². The fourth-order valence-electron chi connectivity index (χ4n) is 1.77. The normalized spacial score (nSPS) is 18.1. The largest absolute Gasteiger partial charge is 0.279 e. The molecule has 0 heterocycles. The van der Waals surface area contributed by atoms with Crippen molar-refractivity contribution in [3.05, 3.63) is 33.8 Å².